The summed E-state index contributed by atoms with van der Waals surface area (Å²) in [4.78, 5) is 28.6. The quantitative estimate of drug-likeness (QED) is 0.558. The van der Waals surface area contributed by atoms with Crippen LogP contribution in [0.25, 0.3) is 0 Å². The van der Waals surface area contributed by atoms with Crippen LogP contribution in [-0.4, -0.2) is 37.2 Å². The maximum absolute atomic E-state index is 13.2. The van der Waals surface area contributed by atoms with E-state index in [0.717, 1.165) is 0 Å². The summed E-state index contributed by atoms with van der Waals surface area (Å²) < 4.78 is 26.5. The third-order valence-electron chi connectivity index (χ3n) is 4.74. The summed E-state index contributed by atoms with van der Waals surface area (Å²) >= 11 is 12.1. The van der Waals surface area contributed by atoms with Gasteiger partial charge in [0.05, 0.1) is 4.90 Å². The molecule has 7 nitrogen and oxygen atoms in total. The van der Waals surface area contributed by atoms with Gasteiger partial charge in [0.2, 0.25) is 9.84 Å². The highest BCUT2D eigenvalue weighted by Gasteiger charge is 2.32. The van der Waals surface area contributed by atoms with E-state index in [1.807, 2.05) is 0 Å². The number of sulfone groups is 1. The van der Waals surface area contributed by atoms with Crippen LogP contribution in [-0.2, 0) is 16.4 Å². The van der Waals surface area contributed by atoms with Crippen LogP contribution in [0.5, 0.6) is 0 Å². The highest BCUT2D eigenvalue weighted by molar-refractivity contribution is 7.91. The van der Waals surface area contributed by atoms with Crippen molar-refractivity contribution in [1.82, 2.24) is 9.88 Å². The summed E-state index contributed by atoms with van der Waals surface area (Å²) in [5, 5.41) is 0.707. The van der Waals surface area contributed by atoms with Crippen LogP contribution in [0.15, 0.2) is 58.3 Å². The van der Waals surface area contributed by atoms with Crippen molar-refractivity contribution in [1.29, 1.82) is 0 Å². The highest BCUT2D eigenvalue weighted by Crippen LogP contribution is 2.31. The smallest absolute Gasteiger partial charge is 0.270 e. The molecule has 0 bridgehead atoms. The number of hydrogen-bond acceptors (Lipinski definition) is 4. The van der Waals surface area contributed by atoms with Crippen molar-refractivity contribution in [3.63, 3.8) is 0 Å². The Balaban J connectivity index is 2.07. The first kappa shape index (κ1) is 22.9. The molecule has 0 saturated carbocycles. The van der Waals surface area contributed by atoms with Crippen LogP contribution in [0.3, 0.4) is 0 Å². The fourth-order valence-electron chi connectivity index (χ4n) is 3.20. The Hall–Kier alpha value is -2.81. The second kappa shape index (κ2) is 8.74. The number of H-pyrrole nitrogens is 1. The average molecular weight is 480 g/mol. The summed E-state index contributed by atoms with van der Waals surface area (Å²) in [5.74, 6) is -1.52. The van der Waals surface area contributed by atoms with Crippen LogP contribution in [0.4, 0.5) is 0 Å². The number of benzene rings is 2. The van der Waals surface area contributed by atoms with Gasteiger partial charge in [0.1, 0.15) is 16.3 Å². The summed E-state index contributed by atoms with van der Waals surface area (Å²) in [6, 6.07) is 12.7. The third-order valence-corrected chi connectivity index (χ3v) is 7.27. The average Bonchev–Trinajstić information content (AvgIpc) is 3.07. The molecule has 0 saturated heterocycles. The van der Waals surface area contributed by atoms with Crippen molar-refractivity contribution in [3.05, 3.63) is 81.1 Å². The second-order valence-electron chi connectivity index (χ2n) is 6.91. The van der Waals surface area contributed by atoms with Crippen molar-refractivity contribution in [2.45, 2.75) is 23.3 Å². The number of nitrogens with one attached hydrogen (secondary N) is 1. The lowest BCUT2D eigenvalue weighted by Crippen LogP contribution is -2.27. The van der Waals surface area contributed by atoms with Crippen LogP contribution in [0, 0.1) is 6.92 Å². The van der Waals surface area contributed by atoms with E-state index in [4.69, 9.17) is 28.9 Å². The van der Waals surface area contributed by atoms with Crippen molar-refractivity contribution >= 4 is 44.9 Å². The van der Waals surface area contributed by atoms with E-state index in [9.17, 15) is 18.0 Å². The molecular formula is C21H19Cl2N3O4S. The minimum atomic E-state index is -4.18. The fraction of sp³-hybridized carbons (Fsp3) is 0.143. The molecule has 3 aromatic rings. The number of halogens is 2. The molecule has 0 unspecified atom stereocenters. The molecule has 1 aromatic heterocycles. The number of nitrogens with two attached hydrogens (primary N) is 1. The minimum Gasteiger partial charge on any atom is -0.364 e. The van der Waals surface area contributed by atoms with E-state index in [1.165, 1.54) is 36.1 Å². The van der Waals surface area contributed by atoms with Crippen LogP contribution >= 0.6 is 23.2 Å². The predicted molar refractivity (Wildman–Crippen MR) is 118 cm³/mol. The first-order chi connectivity index (χ1) is 14.5. The van der Waals surface area contributed by atoms with E-state index >= 15 is 0 Å². The Morgan fingerprint density at radius 1 is 1.06 bits per heavy atom. The van der Waals surface area contributed by atoms with Gasteiger partial charge in [-0.2, -0.15) is 0 Å². The van der Waals surface area contributed by atoms with Gasteiger partial charge in [0.25, 0.3) is 11.8 Å². The number of primary amides is 1. The van der Waals surface area contributed by atoms with Crippen LogP contribution in [0.1, 0.15) is 32.1 Å². The summed E-state index contributed by atoms with van der Waals surface area (Å²) in [6.07, 6.45) is 0. The van der Waals surface area contributed by atoms with Gasteiger partial charge < -0.3 is 15.6 Å². The zero-order valence-electron chi connectivity index (χ0n) is 16.6. The van der Waals surface area contributed by atoms with Gasteiger partial charge in [0.15, 0.2) is 0 Å². The highest BCUT2D eigenvalue weighted by atomic mass is 35.5. The van der Waals surface area contributed by atoms with Gasteiger partial charge in [-0.05, 0) is 42.3 Å². The molecule has 0 aliphatic heterocycles. The van der Waals surface area contributed by atoms with E-state index in [2.05, 4.69) is 4.98 Å². The largest absolute Gasteiger partial charge is 0.364 e. The van der Waals surface area contributed by atoms with E-state index in [1.54, 1.807) is 31.3 Å². The van der Waals surface area contributed by atoms with Gasteiger partial charge in [-0.3, -0.25) is 9.59 Å². The van der Waals surface area contributed by atoms with Gasteiger partial charge in [0, 0.05) is 23.6 Å². The van der Waals surface area contributed by atoms with Gasteiger partial charge >= 0.3 is 0 Å². The summed E-state index contributed by atoms with van der Waals surface area (Å²) in [5.41, 5.74) is 5.80. The molecule has 1 heterocycles. The number of carbonyl (C=O) groups excluding carboxylic acids is 2. The van der Waals surface area contributed by atoms with E-state index in [-0.39, 0.29) is 38.3 Å². The van der Waals surface area contributed by atoms with Crippen molar-refractivity contribution in [2.24, 2.45) is 5.73 Å². The molecule has 0 spiro atoms. The summed E-state index contributed by atoms with van der Waals surface area (Å²) in [7, 11) is -2.64. The lowest BCUT2D eigenvalue weighted by Gasteiger charge is -2.18. The number of amides is 2. The second-order valence-corrected chi connectivity index (χ2v) is 9.64. The normalized spacial score (nSPS) is 11.4. The maximum Gasteiger partial charge on any atom is 0.270 e. The monoisotopic (exact) mass is 479 g/mol. The number of rotatable bonds is 6. The van der Waals surface area contributed by atoms with E-state index < -0.39 is 21.7 Å². The molecule has 162 valence electrons. The Morgan fingerprint density at radius 3 is 2.35 bits per heavy atom. The molecule has 3 N–H and O–H groups in total. The zero-order chi connectivity index (χ0) is 22.9. The van der Waals surface area contributed by atoms with Crippen LogP contribution < -0.4 is 5.73 Å². The van der Waals surface area contributed by atoms with E-state index in [0.29, 0.717) is 10.6 Å². The molecule has 10 heteroatoms. The Morgan fingerprint density at radius 2 is 1.74 bits per heavy atom. The standard InChI is InChI=1S/C21H19Cl2N3O4S/c1-12-17(21(28)26(2)11-13-6-3-4-9-16(13)23)25-18(20(24)27)19(12)31(29,30)15-8-5-7-14(22)10-15/h3-10,25H,11H2,1-2H3,(H2,24,27). The minimum absolute atomic E-state index is 0.0519. The molecule has 0 fully saturated rings. The first-order valence-corrected chi connectivity index (χ1v) is 11.3. The molecule has 31 heavy (non-hydrogen) atoms. The lowest BCUT2D eigenvalue weighted by atomic mass is 10.2. The number of carbonyl (C=O) groups is 2. The first-order valence-electron chi connectivity index (χ1n) is 9.06. The topological polar surface area (TPSA) is 113 Å². The number of aromatic nitrogens is 1. The van der Waals surface area contributed by atoms with Crippen molar-refractivity contribution in [3.8, 4) is 0 Å². The number of nitrogens with zero attached hydrogens (tertiary/aromatic N) is 1. The SMILES string of the molecule is Cc1c(C(=O)N(C)Cc2ccccc2Cl)[nH]c(C(N)=O)c1S(=O)(=O)c1cccc(Cl)c1. The predicted octanol–water partition coefficient (Wildman–Crippen LogP) is 3.83. The molecule has 2 amide bonds. The molecule has 0 aliphatic carbocycles. The van der Waals surface area contributed by atoms with Crippen LogP contribution in [0.2, 0.25) is 10.0 Å². The van der Waals surface area contributed by atoms with Crippen molar-refractivity contribution in [2.75, 3.05) is 7.05 Å². The molecule has 0 aliphatic rings. The van der Waals surface area contributed by atoms with Gasteiger partial charge in [-0.1, -0.05) is 47.5 Å². The van der Waals surface area contributed by atoms with Gasteiger partial charge in [-0.25, -0.2) is 8.42 Å². The number of aromatic amines is 1. The Kier molecular flexibility index (Phi) is 6.45. The number of hydrogen-bond donors (Lipinski definition) is 2. The van der Waals surface area contributed by atoms with Gasteiger partial charge in [-0.15, -0.1) is 0 Å². The molecule has 0 radical (unpaired) electrons. The Labute approximate surface area is 189 Å². The molecule has 2 aromatic carbocycles. The molecule has 3 rings (SSSR count). The lowest BCUT2D eigenvalue weighted by molar-refractivity contribution is 0.0779. The van der Waals surface area contributed by atoms with Crippen molar-refractivity contribution < 1.29 is 18.0 Å². The molecular weight excluding hydrogens is 461 g/mol. The Bertz CT molecular complexity index is 1290. The third kappa shape index (κ3) is 4.46. The fourth-order valence-corrected chi connectivity index (χ4v) is 5.35. The maximum atomic E-state index is 13.2. The zero-order valence-corrected chi connectivity index (χ0v) is 19.0. The summed E-state index contributed by atoms with van der Waals surface area (Å²) in [6.45, 7) is 1.62. The molecule has 0 atom stereocenters.